The standard InChI is InChI=1S/C13H19N3O5/c1-9(14)5-6-15-13(17)8-21-10-3-4-11(16(18)19)12(7-10)20-2/h3-4,7,9H,5-6,8,14H2,1-2H3,(H,15,17). The third-order valence-corrected chi connectivity index (χ3v) is 2.64. The van der Waals surface area contributed by atoms with Gasteiger partial charge in [-0.2, -0.15) is 0 Å². The molecule has 1 aromatic carbocycles. The topological polar surface area (TPSA) is 117 Å². The molecular formula is C13H19N3O5. The quantitative estimate of drug-likeness (QED) is 0.542. The molecule has 0 heterocycles. The van der Waals surface area contributed by atoms with Crippen molar-refractivity contribution < 1.29 is 19.2 Å². The van der Waals surface area contributed by atoms with Crippen molar-refractivity contribution in [2.45, 2.75) is 19.4 Å². The van der Waals surface area contributed by atoms with Gasteiger partial charge in [-0.3, -0.25) is 14.9 Å². The Labute approximate surface area is 122 Å². The van der Waals surface area contributed by atoms with E-state index in [1.165, 1.54) is 25.3 Å². The number of nitro benzene ring substituents is 1. The van der Waals surface area contributed by atoms with Crippen molar-refractivity contribution in [3.8, 4) is 11.5 Å². The number of carbonyl (C=O) groups is 1. The van der Waals surface area contributed by atoms with Crippen LogP contribution in [-0.2, 0) is 4.79 Å². The van der Waals surface area contributed by atoms with Crippen LogP contribution in [0.5, 0.6) is 11.5 Å². The second-order valence-electron chi connectivity index (χ2n) is 4.50. The van der Waals surface area contributed by atoms with Crippen molar-refractivity contribution in [3.63, 3.8) is 0 Å². The van der Waals surface area contributed by atoms with Crippen LogP contribution < -0.4 is 20.5 Å². The lowest BCUT2D eigenvalue weighted by atomic mass is 10.2. The number of nitrogens with one attached hydrogen (secondary N) is 1. The minimum Gasteiger partial charge on any atom is -0.490 e. The molecule has 0 radical (unpaired) electrons. The molecule has 1 unspecified atom stereocenters. The van der Waals surface area contributed by atoms with Crippen LogP contribution in [0.25, 0.3) is 0 Å². The average molecular weight is 297 g/mol. The van der Waals surface area contributed by atoms with Gasteiger partial charge in [0, 0.05) is 24.7 Å². The van der Waals surface area contributed by atoms with E-state index >= 15 is 0 Å². The first-order chi connectivity index (χ1) is 9.93. The molecule has 0 aliphatic rings. The molecule has 0 saturated carbocycles. The highest BCUT2D eigenvalue weighted by molar-refractivity contribution is 5.77. The summed E-state index contributed by atoms with van der Waals surface area (Å²) in [7, 11) is 1.33. The van der Waals surface area contributed by atoms with E-state index in [0.29, 0.717) is 18.7 Å². The molecule has 21 heavy (non-hydrogen) atoms. The summed E-state index contributed by atoms with van der Waals surface area (Å²) in [6, 6.07) is 4.07. The second-order valence-corrected chi connectivity index (χ2v) is 4.50. The molecule has 0 aliphatic carbocycles. The van der Waals surface area contributed by atoms with Crippen LogP contribution in [0.3, 0.4) is 0 Å². The number of amides is 1. The largest absolute Gasteiger partial charge is 0.490 e. The van der Waals surface area contributed by atoms with Crippen LogP contribution in [-0.4, -0.2) is 37.1 Å². The van der Waals surface area contributed by atoms with Gasteiger partial charge in [-0.25, -0.2) is 0 Å². The summed E-state index contributed by atoms with van der Waals surface area (Å²) in [5.41, 5.74) is 5.40. The van der Waals surface area contributed by atoms with Gasteiger partial charge < -0.3 is 20.5 Å². The monoisotopic (exact) mass is 297 g/mol. The molecule has 0 saturated heterocycles. The van der Waals surface area contributed by atoms with Crippen LogP contribution >= 0.6 is 0 Å². The molecule has 1 rings (SSSR count). The summed E-state index contributed by atoms with van der Waals surface area (Å²) in [4.78, 5) is 21.7. The predicted molar refractivity (Wildman–Crippen MR) is 76.4 cm³/mol. The molecule has 1 amide bonds. The molecule has 8 nitrogen and oxygen atoms in total. The number of nitro groups is 1. The molecular weight excluding hydrogens is 278 g/mol. The molecule has 8 heteroatoms. The number of carbonyl (C=O) groups excluding carboxylic acids is 1. The smallest absolute Gasteiger partial charge is 0.311 e. The second kappa shape index (κ2) is 8.05. The molecule has 0 spiro atoms. The van der Waals surface area contributed by atoms with E-state index in [1.54, 1.807) is 0 Å². The lowest BCUT2D eigenvalue weighted by Crippen LogP contribution is -2.32. The van der Waals surface area contributed by atoms with Gasteiger partial charge in [-0.1, -0.05) is 0 Å². The number of nitrogens with zero attached hydrogens (tertiary/aromatic N) is 1. The summed E-state index contributed by atoms with van der Waals surface area (Å²) in [5.74, 6) is 0.114. The first-order valence-corrected chi connectivity index (χ1v) is 6.41. The van der Waals surface area contributed by atoms with E-state index in [4.69, 9.17) is 15.2 Å². The summed E-state index contributed by atoms with van der Waals surface area (Å²) >= 11 is 0. The minimum absolute atomic E-state index is 0.0187. The first kappa shape index (κ1) is 16.7. The first-order valence-electron chi connectivity index (χ1n) is 6.41. The number of benzene rings is 1. The predicted octanol–water partition coefficient (Wildman–Crippen LogP) is 0.836. The van der Waals surface area contributed by atoms with E-state index in [2.05, 4.69) is 5.32 Å². The molecule has 0 aliphatic heterocycles. The average Bonchev–Trinajstić information content (AvgIpc) is 2.44. The Kier molecular flexibility index (Phi) is 6.41. The highest BCUT2D eigenvalue weighted by Gasteiger charge is 2.15. The number of rotatable bonds is 8. The lowest BCUT2D eigenvalue weighted by molar-refractivity contribution is -0.385. The van der Waals surface area contributed by atoms with Crippen molar-refractivity contribution in [2.24, 2.45) is 5.73 Å². The number of nitrogens with two attached hydrogens (primary N) is 1. The van der Waals surface area contributed by atoms with Crippen molar-refractivity contribution >= 4 is 11.6 Å². The molecule has 3 N–H and O–H groups in total. The summed E-state index contributed by atoms with van der Waals surface area (Å²) in [6.45, 7) is 2.15. The molecule has 116 valence electrons. The highest BCUT2D eigenvalue weighted by Crippen LogP contribution is 2.30. The fraction of sp³-hybridized carbons (Fsp3) is 0.462. The maximum absolute atomic E-state index is 11.5. The van der Waals surface area contributed by atoms with Crippen molar-refractivity contribution in [2.75, 3.05) is 20.3 Å². The summed E-state index contributed by atoms with van der Waals surface area (Å²) in [6.07, 6.45) is 0.678. The highest BCUT2D eigenvalue weighted by atomic mass is 16.6. The van der Waals surface area contributed by atoms with Crippen LogP contribution in [0.1, 0.15) is 13.3 Å². The van der Waals surface area contributed by atoms with E-state index in [-0.39, 0.29) is 30.0 Å². The number of ether oxygens (including phenoxy) is 2. The SMILES string of the molecule is COc1cc(OCC(=O)NCCC(C)N)ccc1[N+](=O)[O-]. The normalized spacial score (nSPS) is 11.6. The minimum atomic E-state index is -0.552. The Balaban J connectivity index is 2.52. The zero-order valence-electron chi connectivity index (χ0n) is 12.0. The lowest BCUT2D eigenvalue weighted by Gasteiger charge is -2.09. The number of methoxy groups -OCH3 is 1. The molecule has 1 aromatic rings. The van der Waals surface area contributed by atoms with E-state index < -0.39 is 4.92 Å². The van der Waals surface area contributed by atoms with E-state index in [1.807, 2.05) is 6.92 Å². The maximum atomic E-state index is 11.5. The van der Waals surface area contributed by atoms with Gasteiger partial charge in [0.2, 0.25) is 5.75 Å². The molecule has 0 fully saturated rings. The van der Waals surface area contributed by atoms with Gasteiger partial charge in [-0.05, 0) is 19.4 Å². The number of hydrogen-bond donors (Lipinski definition) is 2. The Morgan fingerprint density at radius 1 is 1.52 bits per heavy atom. The van der Waals surface area contributed by atoms with Crippen LogP contribution in [0, 0.1) is 10.1 Å². The third kappa shape index (κ3) is 5.65. The Morgan fingerprint density at radius 2 is 2.24 bits per heavy atom. The van der Waals surface area contributed by atoms with Gasteiger partial charge in [0.25, 0.3) is 5.91 Å². The van der Waals surface area contributed by atoms with Crippen molar-refractivity contribution in [1.29, 1.82) is 0 Å². The Bertz CT molecular complexity index is 505. The van der Waals surface area contributed by atoms with Crippen molar-refractivity contribution in [1.82, 2.24) is 5.32 Å². The summed E-state index contributed by atoms with van der Waals surface area (Å²) < 4.78 is 10.2. The fourth-order valence-electron chi connectivity index (χ4n) is 1.54. The van der Waals surface area contributed by atoms with E-state index in [9.17, 15) is 14.9 Å². The maximum Gasteiger partial charge on any atom is 0.311 e. The van der Waals surface area contributed by atoms with Gasteiger partial charge in [0.05, 0.1) is 12.0 Å². The molecule has 0 aromatic heterocycles. The number of hydrogen-bond acceptors (Lipinski definition) is 6. The van der Waals surface area contributed by atoms with Crippen LogP contribution in [0.2, 0.25) is 0 Å². The Hall–Kier alpha value is -2.35. The summed E-state index contributed by atoms with van der Waals surface area (Å²) in [5, 5.41) is 13.4. The molecule has 1 atom stereocenters. The van der Waals surface area contributed by atoms with Crippen LogP contribution in [0.4, 0.5) is 5.69 Å². The van der Waals surface area contributed by atoms with E-state index in [0.717, 1.165) is 0 Å². The van der Waals surface area contributed by atoms with Gasteiger partial charge in [-0.15, -0.1) is 0 Å². The van der Waals surface area contributed by atoms with Gasteiger partial charge in [0.15, 0.2) is 6.61 Å². The Morgan fingerprint density at radius 3 is 2.81 bits per heavy atom. The van der Waals surface area contributed by atoms with Gasteiger partial charge >= 0.3 is 5.69 Å². The van der Waals surface area contributed by atoms with Crippen molar-refractivity contribution in [3.05, 3.63) is 28.3 Å². The zero-order chi connectivity index (χ0) is 15.8. The third-order valence-electron chi connectivity index (χ3n) is 2.64. The van der Waals surface area contributed by atoms with Crippen LogP contribution in [0.15, 0.2) is 18.2 Å². The zero-order valence-corrected chi connectivity index (χ0v) is 12.0. The van der Waals surface area contributed by atoms with Gasteiger partial charge in [0.1, 0.15) is 5.75 Å². The fourth-order valence-corrected chi connectivity index (χ4v) is 1.54. The molecule has 0 bridgehead atoms.